The van der Waals surface area contributed by atoms with Gasteiger partial charge in [-0.05, 0) is 48.9 Å². The van der Waals surface area contributed by atoms with Crippen LogP contribution in [0.3, 0.4) is 0 Å². The Morgan fingerprint density at radius 2 is 1.51 bits per heavy atom. The number of hydrogen-bond acceptors (Lipinski definition) is 4. The van der Waals surface area contributed by atoms with Crippen molar-refractivity contribution in [2.75, 3.05) is 6.54 Å². The van der Waals surface area contributed by atoms with Gasteiger partial charge in [0.15, 0.2) is 0 Å². The van der Waals surface area contributed by atoms with Gasteiger partial charge in [0.25, 0.3) is 0 Å². The third kappa shape index (κ3) is 7.07. The SMILES string of the molecule is O=C(NC1CCCCC1)[C@H](Cc1ccccc1)N(Cc1ccc(Cl)cc1)C(=O)CCN1C(=O)[C@H]2CC=CC[C@H]2C1=O. The summed E-state index contributed by atoms with van der Waals surface area (Å²) in [6.45, 7) is 0.228. The smallest absolute Gasteiger partial charge is 0.243 e. The zero-order valence-corrected chi connectivity index (χ0v) is 24.1. The number of imide groups is 1. The predicted octanol–water partition coefficient (Wildman–Crippen LogP) is 5.07. The minimum Gasteiger partial charge on any atom is -0.352 e. The molecule has 1 heterocycles. The summed E-state index contributed by atoms with van der Waals surface area (Å²) in [7, 11) is 0. The number of rotatable bonds is 10. The second kappa shape index (κ2) is 13.5. The van der Waals surface area contributed by atoms with E-state index in [2.05, 4.69) is 5.32 Å². The molecule has 1 saturated heterocycles. The summed E-state index contributed by atoms with van der Waals surface area (Å²) < 4.78 is 0. The molecule has 2 aliphatic carbocycles. The summed E-state index contributed by atoms with van der Waals surface area (Å²) >= 11 is 6.12. The first-order chi connectivity index (χ1) is 19.9. The molecular weight excluding hydrogens is 538 g/mol. The summed E-state index contributed by atoms with van der Waals surface area (Å²) in [6, 6.07) is 16.3. The number of hydrogen-bond donors (Lipinski definition) is 1. The number of carbonyl (C=O) groups is 4. The Kier molecular flexibility index (Phi) is 9.55. The van der Waals surface area contributed by atoms with Crippen LogP contribution >= 0.6 is 11.6 Å². The molecule has 2 aromatic carbocycles. The van der Waals surface area contributed by atoms with Gasteiger partial charge in [0.2, 0.25) is 23.6 Å². The summed E-state index contributed by atoms with van der Waals surface area (Å²) in [5.41, 5.74) is 1.79. The highest BCUT2D eigenvalue weighted by Crippen LogP contribution is 2.35. The van der Waals surface area contributed by atoms with Crippen LogP contribution in [0.4, 0.5) is 0 Å². The van der Waals surface area contributed by atoms with Gasteiger partial charge in [-0.15, -0.1) is 0 Å². The molecule has 0 unspecified atom stereocenters. The highest BCUT2D eigenvalue weighted by atomic mass is 35.5. The van der Waals surface area contributed by atoms with E-state index in [1.807, 2.05) is 54.6 Å². The molecule has 1 aliphatic heterocycles. The maximum Gasteiger partial charge on any atom is 0.243 e. The van der Waals surface area contributed by atoms with E-state index >= 15 is 0 Å². The van der Waals surface area contributed by atoms with Crippen molar-refractivity contribution >= 4 is 35.2 Å². The van der Waals surface area contributed by atoms with E-state index in [1.165, 1.54) is 11.3 Å². The first kappa shape index (κ1) is 29.1. The van der Waals surface area contributed by atoms with Crippen molar-refractivity contribution in [3.63, 3.8) is 0 Å². The molecule has 3 atom stereocenters. The van der Waals surface area contributed by atoms with E-state index in [0.717, 1.165) is 36.8 Å². The number of benzene rings is 2. The minimum absolute atomic E-state index is 0.0168. The number of halogens is 1. The van der Waals surface area contributed by atoms with E-state index in [4.69, 9.17) is 11.6 Å². The molecule has 1 saturated carbocycles. The van der Waals surface area contributed by atoms with Crippen molar-refractivity contribution in [1.29, 1.82) is 0 Å². The van der Waals surface area contributed by atoms with Gasteiger partial charge in [0.05, 0.1) is 11.8 Å². The molecule has 2 aromatic rings. The number of allylic oxidation sites excluding steroid dienone is 2. The molecule has 0 aromatic heterocycles. The van der Waals surface area contributed by atoms with Gasteiger partial charge in [-0.3, -0.25) is 24.1 Å². The predicted molar refractivity (Wildman–Crippen MR) is 158 cm³/mol. The Balaban J connectivity index is 1.38. The zero-order chi connectivity index (χ0) is 28.8. The molecule has 0 spiro atoms. The molecular formula is C33H38ClN3O4. The molecule has 216 valence electrons. The first-order valence-corrected chi connectivity index (χ1v) is 15.2. The molecule has 4 amide bonds. The average Bonchev–Trinajstić information content (AvgIpc) is 3.24. The Hall–Kier alpha value is -3.45. The number of fused-ring (bicyclic) bond motifs is 1. The lowest BCUT2D eigenvalue weighted by Crippen LogP contribution is -2.53. The van der Waals surface area contributed by atoms with E-state index in [-0.39, 0.29) is 61.0 Å². The van der Waals surface area contributed by atoms with Gasteiger partial charge in [-0.1, -0.05) is 85.5 Å². The van der Waals surface area contributed by atoms with E-state index in [9.17, 15) is 19.2 Å². The number of nitrogens with zero attached hydrogens (tertiary/aromatic N) is 2. The number of carbonyl (C=O) groups excluding carboxylic acids is 4. The Bertz CT molecular complexity index is 1250. The van der Waals surface area contributed by atoms with Crippen LogP contribution in [0, 0.1) is 11.8 Å². The molecule has 1 N–H and O–H groups in total. The van der Waals surface area contributed by atoms with Crippen LogP contribution in [0.1, 0.15) is 62.5 Å². The second-order valence-corrected chi connectivity index (χ2v) is 11.9. The van der Waals surface area contributed by atoms with Gasteiger partial charge in [-0.25, -0.2) is 0 Å². The van der Waals surface area contributed by atoms with E-state index < -0.39 is 6.04 Å². The van der Waals surface area contributed by atoms with Crippen molar-refractivity contribution in [2.24, 2.45) is 11.8 Å². The van der Waals surface area contributed by atoms with Gasteiger partial charge in [-0.2, -0.15) is 0 Å². The maximum atomic E-state index is 14.0. The molecule has 8 heteroatoms. The van der Waals surface area contributed by atoms with E-state index in [0.29, 0.717) is 24.3 Å². The minimum atomic E-state index is -0.751. The molecule has 41 heavy (non-hydrogen) atoms. The summed E-state index contributed by atoms with van der Waals surface area (Å²) in [5.74, 6) is -1.50. The lowest BCUT2D eigenvalue weighted by Gasteiger charge is -2.34. The van der Waals surface area contributed by atoms with Gasteiger partial charge < -0.3 is 10.2 Å². The van der Waals surface area contributed by atoms with Crippen LogP contribution in [0.15, 0.2) is 66.7 Å². The molecule has 5 rings (SSSR count). The summed E-state index contributed by atoms with van der Waals surface area (Å²) in [5, 5.41) is 3.82. The molecule has 0 radical (unpaired) electrons. The van der Waals surface area contributed by atoms with Crippen LogP contribution in [-0.2, 0) is 32.1 Å². The van der Waals surface area contributed by atoms with E-state index in [1.54, 1.807) is 17.0 Å². The monoisotopic (exact) mass is 575 g/mol. The van der Waals surface area contributed by atoms with Crippen LogP contribution in [0.25, 0.3) is 0 Å². The van der Waals surface area contributed by atoms with Gasteiger partial charge in [0, 0.05) is 37.0 Å². The molecule has 0 bridgehead atoms. The Morgan fingerprint density at radius 3 is 2.15 bits per heavy atom. The average molecular weight is 576 g/mol. The standard InChI is InChI=1S/C33H38ClN3O4/c34-25-17-15-24(16-18-25)22-37(30(38)19-20-36-32(40)27-13-7-8-14-28(27)33(36)41)29(21-23-9-3-1-4-10-23)31(39)35-26-11-5-2-6-12-26/h1,3-4,7-10,15-18,26-29H,2,5-6,11-14,19-22H2,(H,35,39)/t27-,28+,29-/m0/s1. The third-order valence-corrected chi connectivity index (χ3v) is 8.89. The van der Waals surface area contributed by atoms with Gasteiger partial charge >= 0.3 is 0 Å². The lowest BCUT2D eigenvalue weighted by atomic mass is 9.85. The zero-order valence-electron chi connectivity index (χ0n) is 23.3. The first-order valence-electron chi connectivity index (χ1n) is 14.8. The third-order valence-electron chi connectivity index (χ3n) is 8.64. The van der Waals surface area contributed by atoms with Crippen molar-refractivity contribution in [3.05, 3.63) is 82.9 Å². The number of nitrogens with one attached hydrogen (secondary N) is 1. The van der Waals surface area contributed by atoms with Crippen molar-refractivity contribution in [2.45, 2.75) is 76.4 Å². The van der Waals surface area contributed by atoms with Crippen molar-refractivity contribution in [1.82, 2.24) is 15.1 Å². The van der Waals surface area contributed by atoms with Crippen molar-refractivity contribution in [3.8, 4) is 0 Å². The van der Waals surface area contributed by atoms with Crippen LogP contribution in [0.2, 0.25) is 5.02 Å². The molecule has 2 fully saturated rings. The largest absolute Gasteiger partial charge is 0.352 e. The highest BCUT2D eigenvalue weighted by molar-refractivity contribution is 6.30. The van der Waals surface area contributed by atoms with Crippen LogP contribution < -0.4 is 5.32 Å². The highest BCUT2D eigenvalue weighted by Gasteiger charge is 2.47. The quantitative estimate of drug-likeness (QED) is 0.316. The Labute approximate surface area is 246 Å². The molecule has 7 nitrogen and oxygen atoms in total. The normalized spacial score (nSPS) is 21.4. The fourth-order valence-electron chi connectivity index (χ4n) is 6.33. The maximum absolute atomic E-state index is 14.0. The summed E-state index contributed by atoms with van der Waals surface area (Å²) in [4.78, 5) is 56.8. The second-order valence-electron chi connectivity index (χ2n) is 11.4. The topological polar surface area (TPSA) is 86.8 Å². The van der Waals surface area contributed by atoms with Crippen LogP contribution in [-0.4, -0.2) is 52.1 Å². The number of likely N-dealkylation sites (tertiary alicyclic amines) is 1. The summed E-state index contributed by atoms with van der Waals surface area (Å²) in [6.07, 6.45) is 10.5. The fraction of sp³-hybridized carbons (Fsp3) is 0.455. The molecule has 3 aliphatic rings. The van der Waals surface area contributed by atoms with Crippen LogP contribution in [0.5, 0.6) is 0 Å². The fourth-order valence-corrected chi connectivity index (χ4v) is 6.45. The number of amides is 4. The van der Waals surface area contributed by atoms with Gasteiger partial charge in [0.1, 0.15) is 6.04 Å². The van der Waals surface area contributed by atoms with Crippen molar-refractivity contribution < 1.29 is 19.2 Å². The lowest BCUT2D eigenvalue weighted by molar-refractivity contribution is -0.144. The Morgan fingerprint density at radius 1 is 0.878 bits per heavy atom.